The molecule has 0 heterocycles. The Morgan fingerprint density at radius 3 is 2.00 bits per heavy atom. The van der Waals surface area contributed by atoms with Gasteiger partial charge in [0.25, 0.3) is 0 Å². The van der Waals surface area contributed by atoms with Gasteiger partial charge in [0.1, 0.15) is 5.78 Å². The zero-order valence-electron chi connectivity index (χ0n) is 9.16. The molecule has 0 aromatic carbocycles. The van der Waals surface area contributed by atoms with E-state index in [-0.39, 0.29) is 5.78 Å². The topological polar surface area (TPSA) is 54.0 Å². The van der Waals surface area contributed by atoms with Gasteiger partial charge in [-0.05, 0) is 13.3 Å². The van der Waals surface area contributed by atoms with Gasteiger partial charge in [-0.15, -0.1) is 0 Å². The lowest BCUT2D eigenvalue weighted by molar-refractivity contribution is -0.117. The highest BCUT2D eigenvalue weighted by molar-refractivity contribution is 6.53. The largest absolute Gasteiger partial charge is 0.678 e. The van der Waals surface area contributed by atoms with Gasteiger partial charge in [0.15, 0.2) is 0 Å². The summed E-state index contributed by atoms with van der Waals surface area (Å²) >= 11 is 0. The van der Waals surface area contributed by atoms with Gasteiger partial charge in [0.2, 0.25) is 0 Å². The minimum atomic E-state index is -2.90. The van der Waals surface area contributed by atoms with Crippen molar-refractivity contribution in [2.75, 3.05) is 27.9 Å². The molecule has 0 atom stereocenters. The molecule has 84 valence electrons. The van der Waals surface area contributed by atoms with Crippen LogP contribution in [0.1, 0.15) is 19.8 Å². The van der Waals surface area contributed by atoms with E-state index in [0.29, 0.717) is 19.4 Å². The Kier molecular flexibility index (Phi) is 6.94. The molecule has 0 spiro atoms. The zero-order chi connectivity index (χ0) is 11.0. The SMILES string of the molecule is CO[Si](OC)(OC)OCCCC(C)=O. The molecule has 0 fully saturated rings. The summed E-state index contributed by atoms with van der Waals surface area (Å²) in [4.78, 5) is 10.6. The highest BCUT2D eigenvalue weighted by Crippen LogP contribution is 2.08. The monoisotopic (exact) mass is 222 g/mol. The second-order valence-electron chi connectivity index (χ2n) is 2.77. The Balaban J connectivity index is 3.77. The first-order valence-electron chi connectivity index (χ1n) is 4.39. The summed E-state index contributed by atoms with van der Waals surface area (Å²) in [5.74, 6) is 0.146. The standard InChI is InChI=1S/C8H18O5Si/c1-8(9)6-5-7-13-14(10-2,11-3)12-4/h5-7H2,1-4H3. The van der Waals surface area contributed by atoms with Gasteiger partial charge in [-0.1, -0.05) is 0 Å². The number of rotatable bonds is 8. The van der Waals surface area contributed by atoms with Gasteiger partial charge in [0.05, 0.1) is 0 Å². The van der Waals surface area contributed by atoms with Crippen molar-refractivity contribution in [3.63, 3.8) is 0 Å². The Hall–Kier alpha value is -0.273. The van der Waals surface area contributed by atoms with Gasteiger partial charge in [-0.3, -0.25) is 0 Å². The van der Waals surface area contributed by atoms with E-state index in [4.69, 9.17) is 17.7 Å². The molecule has 0 aliphatic rings. The van der Waals surface area contributed by atoms with Crippen LogP contribution >= 0.6 is 0 Å². The van der Waals surface area contributed by atoms with Crippen molar-refractivity contribution >= 4 is 14.8 Å². The molecule has 0 unspecified atom stereocenters. The number of ketones is 1. The first kappa shape index (κ1) is 13.7. The number of hydrogen-bond donors (Lipinski definition) is 0. The van der Waals surface area contributed by atoms with Crippen LogP contribution in [0.3, 0.4) is 0 Å². The Labute approximate surface area is 85.8 Å². The smallest absolute Gasteiger partial charge is 0.355 e. The molecular weight excluding hydrogens is 204 g/mol. The van der Waals surface area contributed by atoms with E-state index >= 15 is 0 Å². The molecule has 0 aliphatic heterocycles. The summed E-state index contributed by atoms with van der Waals surface area (Å²) in [6, 6.07) is 0. The lowest BCUT2D eigenvalue weighted by Gasteiger charge is -2.22. The summed E-state index contributed by atoms with van der Waals surface area (Å²) in [6.07, 6.45) is 1.15. The summed E-state index contributed by atoms with van der Waals surface area (Å²) in [7, 11) is 1.53. The third-order valence-electron chi connectivity index (χ3n) is 1.70. The molecule has 0 saturated carbocycles. The van der Waals surface area contributed by atoms with Crippen molar-refractivity contribution < 1.29 is 22.5 Å². The van der Waals surface area contributed by atoms with Crippen molar-refractivity contribution in [1.29, 1.82) is 0 Å². The maximum Gasteiger partial charge on any atom is 0.678 e. The van der Waals surface area contributed by atoms with E-state index < -0.39 is 9.05 Å². The summed E-state index contributed by atoms with van der Waals surface area (Å²) in [5.41, 5.74) is 0. The molecule has 0 saturated heterocycles. The van der Waals surface area contributed by atoms with Gasteiger partial charge in [-0.2, -0.15) is 0 Å². The van der Waals surface area contributed by atoms with Gasteiger partial charge < -0.3 is 22.5 Å². The summed E-state index contributed by atoms with van der Waals surface area (Å²) in [6.45, 7) is 1.95. The molecule has 0 bridgehead atoms. The molecule has 0 radical (unpaired) electrons. The molecule has 14 heavy (non-hydrogen) atoms. The quantitative estimate of drug-likeness (QED) is 0.448. The van der Waals surface area contributed by atoms with Crippen molar-refractivity contribution in [3.05, 3.63) is 0 Å². The third kappa shape index (κ3) is 4.82. The molecule has 0 aromatic heterocycles. The van der Waals surface area contributed by atoms with Gasteiger partial charge in [0, 0.05) is 34.4 Å². The Bertz CT molecular complexity index is 161. The molecule has 0 rings (SSSR count). The first-order chi connectivity index (χ1) is 6.60. The molecular formula is C8H18O5Si. The van der Waals surface area contributed by atoms with Crippen molar-refractivity contribution in [1.82, 2.24) is 0 Å². The minimum absolute atomic E-state index is 0.146. The predicted molar refractivity (Wildman–Crippen MR) is 52.6 cm³/mol. The lowest BCUT2D eigenvalue weighted by Crippen LogP contribution is -2.46. The van der Waals surface area contributed by atoms with Gasteiger partial charge >= 0.3 is 9.05 Å². The van der Waals surface area contributed by atoms with E-state index in [1.807, 2.05) is 0 Å². The van der Waals surface area contributed by atoms with E-state index in [0.717, 1.165) is 0 Å². The van der Waals surface area contributed by atoms with Crippen LogP contribution in [0.25, 0.3) is 0 Å². The minimum Gasteiger partial charge on any atom is -0.355 e. The zero-order valence-corrected chi connectivity index (χ0v) is 10.2. The molecule has 0 amide bonds. The lowest BCUT2D eigenvalue weighted by atomic mass is 10.2. The number of carbonyl (C=O) groups excluding carboxylic acids is 1. The Morgan fingerprint density at radius 2 is 1.64 bits per heavy atom. The van der Waals surface area contributed by atoms with Gasteiger partial charge in [-0.25, -0.2) is 0 Å². The maximum atomic E-state index is 10.6. The summed E-state index contributed by atoms with van der Waals surface area (Å²) in [5, 5.41) is 0. The highest BCUT2D eigenvalue weighted by atomic mass is 28.4. The van der Waals surface area contributed by atoms with E-state index in [9.17, 15) is 4.79 Å². The van der Waals surface area contributed by atoms with Crippen molar-refractivity contribution in [2.45, 2.75) is 19.8 Å². The van der Waals surface area contributed by atoms with Crippen LogP contribution < -0.4 is 0 Å². The van der Waals surface area contributed by atoms with Crippen molar-refractivity contribution in [3.8, 4) is 0 Å². The fourth-order valence-electron chi connectivity index (χ4n) is 0.945. The molecule has 0 aliphatic carbocycles. The highest BCUT2D eigenvalue weighted by Gasteiger charge is 2.41. The van der Waals surface area contributed by atoms with Crippen LogP contribution in [-0.2, 0) is 22.5 Å². The van der Waals surface area contributed by atoms with E-state index in [2.05, 4.69) is 0 Å². The maximum absolute atomic E-state index is 10.6. The molecule has 6 heteroatoms. The summed E-state index contributed by atoms with van der Waals surface area (Å²) < 4.78 is 20.4. The second-order valence-corrected chi connectivity index (χ2v) is 5.28. The average Bonchev–Trinajstić information content (AvgIpc) is 2.19. The van der Waals surface area contributed by atoms with Crippen LogP contribution in [0.4, 0.5) is 0 Å². The van der Waals surface area contributed by atoms with Crippen molar-refractivity contribution in [2.24, 2.45) is 0 Å². The van der Waals surface area contributed by atoms with Crippen LogP contribution in [0.15, 0.2) is 0 Å². The van der Waals surface area contributed by atoms with Crippen LogP contribution in [0.5, 0.6) is 0 Å². The molecule has 5 nitrogen and oxygen atoms in total. The second kappa shape index (κ2) is 7.08. The van der Waals surface area contributed by atoms with E-state index in [1.165, 1.54) is 21.3 Å². The van der Waals surface area contributed by atoms with Crippen LogP contribution in [-0.4, -0.2) is 42.8 Å². The van der Waals surface area contributed by atoms with Crippen LogP contribution in [0.2, 0.25) is 0 Å². The number of hydrogen-bond acceptors (Lipinski definition) is 5. The molecule has 0 N–H and O–H groups in total. The average molecular weight is 222 g/mol. The number of carbonyl (C=O) groups is 1. The predicted octanol–water partition coefficient (Wildman–Crippen LogP) is 0.747. The Morgan fingerprint density at radius 1 is 1.14 bits per heavy atom. The molecule has 0 aromatic rings. The fourth-order valence-corrected chi connectivity index (χ4v) is 2.19. The normalized spacial score (nSPS) is 11.7. The van der Waals surface area contributed by atoms with E-state index in [1.54, 1.807) is 6.92 Å². The van der Waals surface area contributed by atoms with Crippen LogP contribution in [0, 0.1) is 0 Å². The fraction of sp³-hybridized carbons (Fsp3) is 0.875. The first-order valence-corrected chi connectivity index (χ1v) is 6.02. The number of Topliss-reactive ketones (excluding diaryl/α,β-unsaturated/α-hetero) is 1. The third-order valence-corrected chi connectivity index (χ3v) is 3.76.